The van der Waals surface area contributed by atoms with Crippen LogP contribution >= 0.6 is 11.8 Å². The van der Waals surface area contributed by atoms with Gasteiger partial charge in [-0.05, 0) is 54.2 Å². The van der Waals surface area contributed by atoms with Crippen LogP contribution in [0.15, 0.2) is 41.3 Å². The second-order valence-corrected chi connectivity index (χ2v) is 7.12. The summed E-state index contributed by atoms with van der Waals surface area (Å²) in [5, 5.41) is 8.42. The number of thioether (sulfide) groups is 1. The van der Waals surface area contributed by atoms with E-state index in [0.29, 0.717) is 18.3 Å². The van der Waals surface area contributed by atoms with Crippen LogP contribution in [0.25, 0.3) is 10.8 Å². The summed E-state index contributed by atoms with van der Waals surface area (Å²) in [6.45, 7) is 0.638. The third-order valence-electron chi connectivity index (χ3n) is 4.39. The molecular formula is C20H22N2OS. The lowest BCUT2D eigenvalue weighted by Crippen LogP contribution is -2.45. The first-order valence-electron chi connectivity index (χ1n) is 8.38. The standard InChI is InChI=1S/C20H22N2OS/c1-2-13-24-18-10-9-15-5-3-6-16(19(15)14-18)11-12-21-20(23)22-17-7-4-8-17/h1,3,5-6,9-10,14,17H,4,7-8,11-13H2,(H2,21,22,23). The van der Waals surface area contributed by atoms with Gasteiger partial charge < -0.3 is 10.6 Å². The maximum Gasteiger partial charge on any atom is 0.315 e. The van der Waals surface area contributed by atoms with E-state index in [9.17, 15) is 4.79 Å². The molecule has 2 aromatic carbocycles. The lowest BCUT2D eigenvalue weighted by molar-refractivity contribution is 0.228. The van der Waals surface area contributed by atoms with Crippen LogP contribution in [-0.2, 0) is 6.42 Å². The lowest BCUT2D eigenvalue weighted by atomic mass is 9.93. The number of nitrogens with one attached hydrogen (secondary N) is 2. The summed E-state index contributed by atoms with van der Waals surface area (Å²) in [5.74, 6) is 3.34. The molecule has 3 nitrogen and oxygen atoms in total. The molecule has 2 amide bonds. The molecule has 0 spiro atoms. The highest BCUT2D eigenvalue weighted by Crippen LogP contribution is 2.26. The highest BCUT2D eigenvalue weighted by Gasteiger charge is 2.18. The average Bonchev–Trinajstić information content (AvgIpc) is 2.56. The topological polar surface area (TPSA) is 41.1 Å². The Morgan fingerprint density at radius 2 is 2.17 bits per heavy atom. The number of amides is 2. The molecule has 2 aromatic rings. The molecule has 0 saturated heterocycles. The Labute approximate surface area is 147 Å². The number of urea groups is 1. The number of benzene rings is 2. The molecule has 0 bridgehead atoms. The van der Waals surface area contributed by atoms with Crippen molar-refractivity contribution in [3.8, 4) is 12.3 Å². The lowest BCUT2D eigenvalue weighted by Gasteiger charge is -2.26. The van der Waals surface area contributed by atoms with Crippen molar-refractivity contribution >= 4 is 28.6 Å². The number of terminal acetylenes is 1. The second kappa shape index (κ2) is 8.12. The van der Waals surface area contributed by atoms with Crippen molar-refractivity contribution in [2.24, 2.45) is 0 Å². The molecule has 1 aliphatic carbocycles. The molecule has 0 aromatic heterocycles. The Kier molecular flexibility index (Phi) is 5.66. The normalized spacial score (nSPS) is 14.0. The van der Waals surface area contributed by atoms with Gasteiger partial charge >= 0.3 is 6.03 Å². The second-order valence-electron chi connectivity index (χ2n) is 6.07. The van der Waals surface area contributed by atoms with E-state index in [1.54, 1.807) is 11.8 Å². The van der Waals surface area contributed by atoms with Crippen LogP contribution in [0.5, 0.6) is 0 Å². The summed E-state index contributed by atoms with van der Waals surface area (Å²) in [6, 6.07) is 13.1. The van der Waals surface area contributed by atoms with Gasteiger partial charge in [0.2, 0.25) is 0 Å². The fourth-order valence-corrected chi connectivity index (χ4v) is 3.46. The van der Waals surface area contributed by atoms with E-state index in [2.05, 4.69) is 53.0 Å². The van der Waals surface area contributed by atoms with Gasteiger partial charge in [0, 0.05) is 17.5 Å². The van der Waals surface area contributed by atoms with Crippen molar-refractivity contribution in [1.29, 1.82) is 0 Å². The van der Waals surface area contributed by atoms with Gasteiger partial charge in [-0.3, -0.25) is 0 Å². The van der Waals surface area contributed by atoms with E-state index in [0.717, 1.165) is 19.3 Å². The van der Waals surface area contributed by atoms with Gasteiger partial charge in [0.15, 0.2) is 0 Å². The van der Waals surface area contributed by atoms with Gasteiger partial charge in [-0.2, -0.15) is 0 Å². The monoisotopic (exact) mass is 338 g/mol. The number of fused-ring (bicyclic) bond motifs is 1. The molecule has 2 N–H and O–H groups in total. The van der Waals surface area contributed by atoms with Gasteiger partial charge in [0.1, 0.15) is 0 Å². The van der Waals surface area contributed by atoms with Crippen molar-refractivity contribution in [1.82, 2.24) is 10.6 Å². The van der Waals surface area contributed by atoms with E-state index in [1.165, 1.54) is 27.7 Å². The van der Waals surface area contributed by atoms with Crippen LogP contribution in [0.3, 0.4) is 0 Å². The Morgan fingerprint density at radius 3 is 2.92 bits per heavy atom. The predicted octanol–water partition coefficient (Wildman–Crippen LogP) is 3.96. The zero-order chi connectivity index (χ0) is 16.8. The molecule has 3 rings (SSSR count). The molecule has 124 valence electrons. The third kappa shape index (κ3) is 4.24. The molecule has 0 aliphatic heterocycles. The molecule has 0 unspecified atom stereocenters. The van der Waals surface area contributed by atoms with Crippen LogP contribution < -0.4 is 10.6 Å². The summed E-state index contributed by atoms with van der Waals surface area (Å²) in [4.78, 5) is 13.0. The molecule has 0 radical (unpaired) electrons. The van der Waals surface area contributed by atoms with Crippen molar-refractivity contribution in [2.45, 2.75) is 36.6 Å². The molecule has 0 heterocycles. The van der Waals surface area contributed by atoms with Crippen molar-refractivity contribution < 1.29 is 4.79 Å². The zero-order valence-electron chi connectivity index (χ0n) is 13.7. The molecule has 1 fully saturated rings. The molecule has 1 saturated carbocycles. The molecular weight excluding hydrogens is 316 g/mol. The minimum absolute atomic E-state index is 0.0507. The summed E-state index contributed by atoms with van der Waals surface area (Å²) in [7, 11) is 0. The fraction of sp³-hybridized carbons (Fsp3) is 0.350. The first-order valence-corrected chi connectivity index (χ1v) is 9.37. The van der Waals surface area contributed by atoms with Crippen molar-refractivity contribution in [3.05, 3.63) is 42.0 Å². The van der Waals surface area contributed by atoms with Crippen LogP contribution in [0.4, 0.5) is 4.79 Å². The first kappa shape index (κ1) is 16.7. The van der Waals surface area contributed by atoms with Gasteiger partial charge in [-0.1, -0.05) is 30.2 Å². The average molecular weight is 338 g/mol. The Balaban J connectivity index is 1.62. The smallest absolute Gasteiger partial charge is 0.315 e. The van der Waals surface area contributed by atoms with Crippen LogP contribution in [0.1, 0.15) is 24.8 Å². The Morgan fingerprint density at radius 1 is 1.29 bits per heavy atom. The van der Waals surface area contributed by atoms with Gasteiger partial charge in [-0.15, -0.1) is 18.2 Å². The SMILES string of the molecule is C#CCSc1ccc2cccc(CCNC(=O)NC3CCC3)c2c1. The highest BCUT2D eigenvalue weighted by molar-refractivity contribution is 7.99. The van der Waals surface area contributed by atoms with Crippen molar-refractivity contribution in [3.63, 3.8) is 0 Å². The first-order chi connectivity index (χ1) is 11.8. The number of rotatable bonds is 6. The largest absolute Gasteiger partial charge is 0.338 e. The predicted molar refractivity (Wildman–Crippen MR) is 101 cm³/mol. The van der Waals surface area contributed by atoms with E-state index >= 15 is 0 Å². The van der Waals surface area contributed by atoms with Crippen LogP contribution in [-0.4, -0.2) is 24.4 Å². The maximum absolute atomic E-state index is 11.8. The maximum atomic E-state index is 11.8. The van der Waals surface area contributed by atoms with Crippen LogP contribution in [0.2, 0.25) is 0 Å². The van der Waals surface area contributed by atoms with E-state index in [4.69, 9.17) is 6.42 Å². The molecule has 0 atom stereocenters. The van der Waals surface area contributed by atoms with Gasteiger partial charge in [0.25, 0.3) is 0 Å². The minimum Gasteiger partial charge on any atom is -0.338 e. The minimum atomic E-state index is -0.0507. The summed E-state index contributed by atoms with van der Waals surface area (Å²) in [6.07, 6.45) is 9.60. The van der Waals surface area contributed by atoms with Crippen LogP contribution in [0, 0.1) is 12.3 Å². The van der Waals surface area contributed by atoms with Gasteiger partial charge in [0.05, 0.1) is 5.75 Å². The molecule has 1 aliphatic rings. The Hall–Kier alpha value is -2.12. The molecule has 24 heavy (non-hydrogen) atoms. The van der Waals surface area contributed by atoms with E-state index in [1.807, 2.05) is 0 Å². The van der Waals surface area contributed by atoms with Gasteiger partial charge in [-0.25, -0.2) is 4.79 Å². The number of carbonyl (C=O) groups is 1. The summed E-state index contributed by atoms with van der Waals surface area (Å²) in [5.41, 5.74) is 1.25. The number of hydrogen-bond donors (Lipinski definition) is 2. The number of hydrogen-bond acceptors (Lipinski definition) is 2. The number of carbonyl (C=O) groups excluding carboxylic acids is 1. The zero-order valence-corrected chi connectivity index (χ0v) is 14.5. The fourth-order valence-electron chi connectivity index (χ4n) is 2.85. The highest BCUT2D eigenvalue weighted by atomic mass is 32.2. The summed E-state index contributed by atoms with van der Waals surface area (Å²) < 4.78 is 0. The quantitative estimate of drug-likeness (QED) is 0.618. The van der Waals surface area contributed by atoms with Crippen molar-refractivity contribution in [2.75, 3.05) is 12.3 Å². The molecule has 4 heteroatoms. The van der Waals surface area contributed by atoms with E-state index in [-0.39, 0.29) is 6.03 Å². The van der Waals surface area contributed by atoms with E-state index < -0.39 is 0 Å². The summed E-state index contributed by atoms with van der Waals surface area (Å²) >= 11 is 1.67. The Bertz CT molecular complexity index is 762. The third-order valence-corrected chi connectivity index (χ3v) is 5.28.